The lowest BCUT2D eigenvalue weighted by atomic mass is 10.1. The summed E-state index contributed by atoms with van der Waals surface area (Å²) in [6.07, 6.45) is 5.24. The molecule has 4 aromatic carbocycles. The summed E-state index contributed by atoms with van der Waals surface area (Å²) in [6, 6.07) is 31.3. The smallest absolute Gasteiger partial charge is 0.227 e. The molecule has 0 amide bonds. The van der Waals surface area contributed by atoms with E-state index in [0.29, 0.717) is 5.89 Å². The minimum Gasteiger partial charge on any atom is -0.436 e. The second-order valence-electron chi connectivity index (χ2n) is 8.24. The maximum Gasteiger partial charge on any atom is 0.227 e. The van der Waals surface area contributed by atoms with Gasteiger partial charge < -0.3 is 4.42 Å². The van der Waals surface area contributed by atoms with Crippen LogP contribution in [0.1, 0.15) is 23.6 Å². The van der Waals surface area contributed by atoms with E-state index < -0.39 is 0 Å². The van der Waals surface area contributed by atoms with Crippen molar-refractivity contribution >= 4 is 44.8 Å². The Morgan fingerprint density at radius 1 is 0.735 bits per heavy atom. The molecule has 0 fully saturated rings. The van der Waals surface area contributed by atoms with E-state index >= 15 is 0 Å². The van der Waals surface area contributed by atoms with Crippen LogP contribution in [0.3, 0.4) is 0 Å². The SMILES string of the molecule is CCc1ccc2oc(-c3ccc(C=Cc4ccc(-c5nc6ccccc6s5)cc4)cc3)nc2c1. The zero-order valence-corrected chi connectivity index (χ0v) is 19.5. The third-order valence-electron chi connectivity index (χ3n) is 5.94. The second kappa shape index (κ2) is 8.73. The molecule has 0 saturated carbocycles. The Bertz CT molecular complexity index is 1590. The van der Waals surface area contributed by atoms with Crippen molar-refractivity contribution in [3.8, 4) is 22.0 Å². The summed E-state index contributed by atoms with van der Waals surface area (Å²) in [5.74, 6) is 0.657. The summed E-state index contributed by atoms with van der Waals surface area (Å²) < 4.78 is 7.17. The van der Waals surface area contributed by atoms with Gasteiger partial charge in [0.25, 0.3) is 0 Å². The van der Waals surface area contributed by atoms with E-state index in [4.69, 9.17) is 9.40 Å². The highest BCUT2D eigenvalue weighted by molar-refractivity contribution is 7.21. The zero-order valence-electron chi connectivity index (χ0n) is 18.7. The predicted molar refractivity (Wildman–Crippen MR) is 143 cm³/mol. The van der Waals surface area contributed by atoms with Gasteiger partial charge in [0, 0.05) is 11.1 Å². The Kier molecular flexibility index (Phi) is 5.28. The van der Waals surface area contributed by atoms with Gasteiger partial charge in [0.1, 0.15) is 10.5 Å². The lowest BCUT2D eigenvalue weighted by molar-refractivity contribution is 0.620. The van der Waals surface area contributed by atoms with Gasteiger partial charge in [-0.05, 0) is 59.5 Å². The molecular formula is C30H22N2OS. The highest BCUT2D eigenvalue weighted by Crippen LogP contribution is 2.30. The van der Waals surface area contributed by atoms with E-state index in [9.17, 15) is 0 Å². The van der Waals surface area contributed by atoms with Gasteiger partial charge in [0.2, 0.25) is 5.89 Å². The summed E-state index contributed by atoms with van der Waals surface area (Å²) in [5, 5.41) is 1.05. The lowest BCUT2D eigenvalue weighted by Gasteiger charge is -1.99. The number of aromatic nitrogens is 2. The molecule has 0 unspecified atom stereocenters. The number of benzene rings is 4. The van der Waals surface area contributed by atoms with E-state index in [2.05, 4.69) is 103 Å². The summed E-state index contributed by atoms with van der Waals surface area (Å²) in [6.45, 7) is 2.14. The molecule has 0 spiro atoms. The van der Waals surface area contributed by atoms with Crippen molar-refractivity contribution in [2.24, 2.45) is 0 Å². The largest absolute Gasteiger partial charge is 0.436 e. The summed E-state index contributed by atoms with van der Waals surface area (Å²) in [4.78, 5) is 9.42. The molecule has 0 N–H and O–H groups in total. The second-order valence-corrected chi connectivity index (χ2v) is 9.27. The fraction of sp³-hybridized carbons (Fsp3) is 0.0667. The van der Waals surface area contributed by atoms with Gasteiger partial charge in [0.15, 0.2) is 5.58 Å². The van der Waals surface area contributed by atoms with E-state index in [1.165, 1.54) is 10.3 Å². The number of fused-ring (bicyclic) bond motifs is 2. The zero-order chi connectivity index (χ0) is 22.9. The molecule has 0 saturated heterocycles. The number of rotatable bonds is 5. The number of hydrogen-bond acceptors (Lipinski definition) is 4. The standard InChI is InChI=1S/C30H22N2OS/c1-2-20-13-18-27-26(19-20)31-29(33-27)23-14-9-21(10-15-23)7-8-22-11-16-24(17-12-22)30-32-25-5-3-4-6-28(25)34-30/h3-19H,2H2,1H3. The number of aryl methyl sites for hydroxylation is 1. The number of oxazole rings is 1. The highest BCUT2D eigenvalue weighted by Gasteiger charge is 2.09. The van der Waals surface area contributed by atoms with E-state index in [1.807, 2.05) is 12.1 Å². The van der Waals surface area contributed by atoms with Gasteiger partial charge in [-0.25, -0.2) is 9.97 Å². The first kappa shape index (κ1) is 20.6. The minimum atomic E-state index is 0.657. The van der Waals surface area contributed by atoms with E-state index in [1.54, 1.807) is 11.3 Å². The monoisotopic (exact) mass is 458 g/mol. The topological polar surface area (TPSA) is 38.9 Å². The third-order valence-corrected chi connectivity index (χ3v) is 7.02. The Morgan fingerprint density at radius 2 is 1.44 bits per heavy atom. The van der Waals surface area contributed by atoms with Crippen LogP contribution >= 0.6 is 11.3 Å². The number of hydrogen-bond donors (Lipinski definition) is 0. The molecule has 4 heteroatoms. The Hall–Kier alpha value is -4.02. The lowest BCUT2D eigenvalue weighted by Crippen LogP contribution is -1.80. The van der Waals surface area contributed by atoms with Gasteiger partial charge in [-0.1, -0.05) is 73.7 Å². The quantitative estimate of drug-likeness (QED) is 0.243. The number of para-hydroxylation sites is 1. The summed E-state index contributed by atoms with van der Waals surface area (Å²) >= 11 is 1.73. The van der Waals surface area contributed by atoms with Crippen molar-refractivity contribution in [1.82, 2.24) is 9.97 Å². The van der Waals surface area contributed by atoms with Gasteiger partial charge in [-0.15, -0.1) is 11.3 Å². The molecule has 2 heterocycles. The molecule has 6 aromatic rings. The first-order chi connectivity index (χ1) is 16.7. The molecular weight excluding hydrogens is 436 g/mol. The fourth-order valence-electron chi connectivity index (χ4n) is 3.98. The van der Waals surface area contributed by atoms with Gasteiger partial charge in [0.05, 0.1) is 10.2 Å². The highest BCUT2D eigenvalue weighted by atomic mass is 32.1. The molecule has 6 rings (SSSR count). The van der Waals surface area contributed by atoms with Crippen LogP contribution in [0.4, 0.5) is 0 Å². The minimum absolute atomic E-state index is 0.657. The molecule has 0 aliphatic heterocycles. The third kappa shape index (κ3) is 4.04. The maximum absolute atomic E-state index is 5.96. The molecule has 2 aromatic heterocycles. The predicted octanol–water partition coefficient (Wildman–Crippen LogP) is 8.50. The first-order valence-corrected chi connectivity index (χ1v) is 12.2. The summed E-state index contributed by atoms with van der Waals surface area (Å²) in [5.41, 5.74) is 8.46. The van der Waals surface area contributed by atoms with Crippen molar-refractivity contribution in [2.45, 2.75) is 13.3 Å². The average Bonchev–Trinajstić information content (AvgIpc) is 3.52. The van der Waals surface area contributed by atoms with Crippen LogP contribution in [-0.2, 0) is 6.42 Å². The molecule has 0 aliphatic rings. The average molecular weight is 459 g/mol. The molecule has 0 atom stereocenters. The Balaban J connectivity index is 1.18. The van der Waals surface area contributed by atoms with E-state index in [0.717, 1.165) is 50.3 Å². The molecule has 164 valence electrons. The normalized spacial score (nSPS) is 11.7. The first-order valence-electron chi connectivity index (χ1n) is 11.4. The number of nitrogens with zero attached hydrogens (tertiary/aromatic N) is 2. The summed E-state index contributed by atoms with van der Waals surface area (Å²) in [7, 11) is 0. The fourth-order valence-corrected chi connectivity index (χ4v) is 4.95. The van der Waals surface area contributed by atoms with Crippen molar-refractivity contribution in [3.63, 3.8) is 0 Å². The van der Waals surface area contributed by atoms with Crippen LogP contribution in [0.5, 0.6) is 0 Å². The molecule has 0 radical (unpaired) electrons. The van der Waals surface area contributed by atoms with Crippen LogP contribution in [0.2, 0.25) is 0 Å². The molecule has 3 nitrogen and oxygen atoms in total. The van der Waals surface area contributed by atoms with Crippen molar-refractivity contribution in [3.05, 3.63) is 108 Å². The Labute approximate surface area is 202 Å². The molecule has 34 heavy (non-hydrogen) atoms. The van der Waals surface area contributed by atoms with E-state index in [-0.39, 0.29) is 0 Å². The van der Waals surface area contributed by atoms with Crippen LogP contribution in [-0.4, -0.2) is 9.97 Å². The van der Waals surface area contributed by atoms with Crippen LogP contribution in [0, 0.1) is 0 Å². The van der Waals surface area contributed by atoms with Gasteiger partial charge >= 0.3 is 0 Å². The number of thiazole rings is 1. The van der Waals surface area contributed by atoms with Crippen molar-refractivity contribution < 1.29 is 4.42 Å². The van der Waals surface area contributed by atoms with Crippen LogP contribution in [0.15, 0.2) is 95.4 Å². The van der Waals surface area contributed by atoms with Crippen LogP contribution < -0.4 is 0 Å². The molecule has 0 aliphatic carbocycles. The maximum atomic E-state index is 5.96. The Morgan fingerprint density at radius 3 is 2.15 bits per heavy atom. The van der Waals surface area contributed by atoms with Gasteiger partial charge in [-0.2, -0.15) is 0 Å². The van der Waals surface area contributed by atoms with Crippen molar-refractivity contribution in [2.75, 3.05) is 0 Å². The van der Waals surface area contributed by atoms with Crippen LogP contribution in [0.25, 0.3) is 55.5 Å². The van der Waals surface area contributed by atoms with Gasteiger partial charge in [-0.3, -0.25) is 0 Å². The van der Waals surface area contributed by atoms with Crippen molar-refractivity contribution in [1.29, 1.82) is 0 Å². The molecule has 0 bridgehead atoms.